The van der Waals surface area contributed by atoms with Crippen LogP contribution >= 0.6 is 0 Å². The average molecular weight is 292 g/mol. The molecular weight excluding hydrogens is 272 g/mol. The maximum absolute atomic E-state index is 12.2. The minimum Gasteiger partial charge on any atom is -0.502 e. The molecule has 0 aliphatic heterocycles. The minimum atomic E-state index is -0.679. The van der Waals surface area contributed by atoms with Crippen LogP contribution in [0, 0.1) is 15.5 Å². The summed E-state index contributed by atoms with van der Waals surface area (Å²) < 4.78 is 0. The molecule has 21 heavy (non-hydrogen) atoms. The van der Waals surface area contributed by atoms with Gasteiger partial charge in [-0.15, -0.1) is 0 Å². The lowest BCUT2D eigenvalue weighted by Crippen LogP contribution is -2.46. The molecule has 1 atom stereocenters. The molecule has 1 aromatic carbocycles. The Labute approximate surface area is 123 Å². The number of carbonyl (C=O) groups excluding carboxylic acids is 1. The first-order valence-corrected chi connectivity index (χ1v) is 7.09. The van der Waals surface area contributed by atoms with E-state index in [1.165, 1.54) is 6.07 Å². The molecular formula is C15H20N2O4. The SMILES string of the molecule is CC1(C)CCCCC1NC(=O)c1ccc([N+](=O)[O-])c(O)c1. The summed E-state index contributed by atoms with van der Waals surface area (Å²) >= 11 is 0. The number of phenols is 1. The van der Waals surface area contributed by atoms with E-state index < -0.39 is 16.4 Å². The highest BCUT2D eigenvalue weighted by Gasteiger charge is 2.33. The van der Waals surface area contributed by atoms with Crippen molar-refractivity contribution in [2.45, 2.75) is 45.6 Å². The maximum Gasteiger partial charge on any atom is 0.310 e. The third kappa shape index (κ3) is 3.32. The molecule has 1 fully saturated rings. The number of aromatic hydroxyl groups is 1. The quantitative estimate of drug-likeness (QED) is 0.661. The number of rotatable bonds is 3. The van der Waals surface area contributed by atoms with E-state index >= 15 is 0 Å². The zero-order valence-corrected chi connectivity index (χ0v) is 12.3. The van der Waals surface area contributed by atoms with Gasteiger partial charge in [-0.3, -0.25) is 14.9 Å². The number of benzene rings is 1. The molecule has 2 N–H and O–H groups in total. The predicted octanol–water partition coefficient (Wildman–Crippen LogP) is 3.00. The summed E-state index contributed by atoms with van der Waals surface area (Å²) in [7, 11) is 0. The maximum atomic E-state index is 12.2. The van der Waals surface area contributed by atoms with Gasteiger partial charge in [-0.05, 0) is 30.4 Å². The first kappa shape index (κ1) is 15.3. The summed E-state index contributed by atoms with van der Waals surface area (Å²) in [6, 6.07) is 3.74. The molecule has 0 radical (unpaired) electrons. The molecule has 1 saturated carbocycles. The van der Waals surface area contributed by atoms with Crippen LogP contribution in [0.25, 0.3) is 0 Å². The number of nitro benzene ring substituents is 1. The van der Waals surface area contributed by atoms with Crippen molar-refractivity contribution in [2.24, 2.45) is 5.41 Å². The second-order valence-corrected chi connectivity index (χ2v) is 6.22. The molecule has 6 heteroatoms. The van der Waals surface area contributed by atoms with Crippen molar-refractivity contribution in [3.63, 3.8) is 0 Å². The van der Waals surface area contributed by atoms with Gasteiger partial charge < -0.3 is 10.4 Å². The van der Waals surface area contributed by atoms with E-state index in [0.29, 0.717) is 0 Å². The minimum absolute atomic E-state index is 0.0384. The van der Waals surface area contributed by atoms with Crippen LogP contribution in [0.2, 0.25) is 0 Å². The van der Waals surface area contributed by atoms with Crippen LogP contribution in [0.3, 0.4) is 0 Å². The molecule has 1 unspecified atom stereocenters. The second-order valence-electron chi connectivity index (χ2n) is 6.22. The van der Waals surface area contributed by atoms with E-state index in [0.717, 1.165) is 37.8 Å². The van der Waals surface area contributed by atoms with Gasteiger partial charge in [0.25, 0.3) is 5.91 Å². The predicted molar refractivity (Wildman–Crippen MR) is 78.3 cm³/mol. The lowest BCUT2D eigenvalue weighted by atomic mass is 9.73. The van der Waals surface area contributed by atoms with Gasteiger partial charge in [0.15, 0.2) is 5.75 Å². The number of hydrogen-bond acceptors (Lipinski definition) is 4. The topological polar surface area (TPSA) is 92.5 Å². The Hall–Kier alpha value is -2.11. The van der Waals surface area contributed by atoms with Crippen LogP contribution in [0.1, 0.15) is 49.9 Å². The van der Waals surface area contributed by atoms with Crippen molar-refractivity contribution in [1.29, 1.82) is 0 Å². The van der Waals surface area contributed by atoms with Crippen LogP contribution in [0.5, 0.6) is 5.75 Å². The van der Waals surface area contributed by atoms with Crippen molar-refractivity contribution in [3.8, 4) is 5.75 Å². The Morgan fingerprint density at radius 3 is 2.71 bits per heavy atom. The fourth-order valence-corrected chi connectivity index (χ4v) is 2.82. The Morgan fingerprint density at radius 2 is 2.14 bits per heavy atom. The molecule has 0 heterocycles. The summed E-state index contributed by atoms with van der Waals surface area (Å²) in [4.78, 5) is 22.2. The molecule has 1 aliphatic rings. The van der Waals surface area contributed by atoms with Crippen LogP contribution < -0.4 is 5.32 Å². The monoisotopic (exact) mass is 292 g/mol. The Kier molecular flexibility index (Phi) is 4.16. The number of nitrogens with one attached hydrogen (secondary N) is 1. The van der Waals surface area contributed by atoms with Crippen molar-refractivity contribution in [3.05, 3.63) is 33.9 Å². The number of hydrogen-bond donors (Lipinski definition) is 2. The fourth-order valence-electron chi connectivity index (χ4n) is 2.82. The zero-order valence-electron chi connectivity index (χ0n) is 12.3. The third-order valence-electron chi connectivity index (χ3n) is 4.25. The highest BCUT2D eigenvalue weighted by atomic mass is 16.6. The largest absolute Gasteiger partial charge is 0.502 e. The van der Waals surface area contributed by atoms with Crippen LogP contribution in [0.15, 0.2) is 18.2 Å². The van der Waals surface area contributed by atoms with Crippen LogP contribution in [0.4, 0.5) is 5.69 Å². The normalized spacial score (nSPS) is 20.8. The summed E-state index contributed by atoms with van der Waals surface area (Å²) in [5.74, 6) is -0.796. The van der Waals surface area contributed by atoms with Gasteiger partial charge >= 0.3 is 5.69 Å². The highest BCUT2D eigenvalue weighted by Crippen LogP contribution is 2.35. The van der Waals surface area contributed by atoms with Crippen molar-refractivity contribution < 1.29 is 14.8 Å². The van der Waals surface area contributed by atoms with Gasteiger partial charge in [-0.2, -0.15) is 0 Å². The third-order valence-corrected chi connectivity index (χ3v) is 4.25. The summed E-state index contributed by atoms with van der Waals surface area (Å²) in [6.07, 6.45) is 4.23. The van der Waals surface area contributed by atoms with E-state index in [4.69, 9.17) is 0 Å². The van der Waals surface area contributed by atoms with Crippen LogP contribution in [-0.4, -0.2) is 22.0 Å². The molecule has 0 saturated heterocycles. The fraction of sp³-hybridized carbons (Fsp3) is 0.533. The molecule has 6 nitrogen and oxygen atoms in total. The van der Waals surface area contributed by atoms with E-state index in [-0.39, 0.29) is 22.9 Å². The van der Waals surface area contributed by atoms with Gasteiger partial charge in [0.1, 0.15) is 0 Å². The number of carbonyl (C=O) groups is 1. The van der Waals surface area contributed by atoms with E-state index in [2.05, 4.69) is 19.2 Å². The zero-order chi connectivity index (χ0) is 15.6. The Balaban J connectivity index is 2.13. The number of nitro groups is 1. The van der Waals surface area contributed by atoms with Crippen molar-refractivity contribution in [2.75, 3.05) is 0 Å². The molecule has 2 rings (SSSR count). The summed E-state index contributed by atoms with van der Waals surface area (Å²) in [6.45, 7) is 4.26. The molecule has 0 spiro atoms. The number of nitrogens with zero attached hydrogens (tertiary/aromatic N) is 1. The Morgan fingerprint density at radius 1 is 1.43 bits per heavy atom. The molecule has 114 valence electrons. The summed E-state index contributed by atoms with van der Waals surface area (Å²) in [5, 5.41) is 23.2. The smallest absolute Gasteiger partial charge is 0.310 e. The first-order valence-electron chi connectivity index (χ1n) is 7.09. The van der Waals surface area contributed by atoms with E-state index in [1.54, 1.807) is 0 Å². The second kappa shape index (κ2) is 5.71. The van der Waals surface area contributed by atoms with Gasteiger partial charge in [-0.1, -0.05) is 26.7 Å². The van der Waals surface area contributed by atoms with Crippen LogP contribution in [-0.2, 0) is 0 Å². The van der Waals surface area contributed by atoms with E-state index in [9.17, 15) is 20.0 Å². The molecule has 1 aliphatic carbocycles. The molecule has 0 aromatic heterocycles. The molecule has 1 aromatic rings. The lowest BCUT2D eigenvalue weighted by Gasteiger charge is -2.39. The van der Waals surface area contributed by atoms with Crippen molar-refractivity contribution >= 4 is 11.6 Å². The van der Waals surface area contributed by atoms with Gasteiger partial charge in [-0.25, -0.2) is 0 Å². The number of amides is 1. The van der Waals surface area contributed by atoms with Gasteiger partial charge in [0, 0.05) is 17.7 Å². The van der Waals surface area contributed by atoms with E-state index in [1.807, 2.05) is 0 Å². The lowest BCUT2D eigenvalue weighted by molar-refractivity contribution is -0.385. The standard InChI is InChI=1S/C15H20N2O4/c1-15(2)8-4-3-5-13(15)16-14(19)10-6-7-11(17(20)21)12(18)9-10/h6-7,9,13,18H,3-5,8H2,1-2H3,(H,16,19). The highest BCUT2D eigenvalue weighted by molar-refractivity contribution is 5.95. The first-order chi connectivity index (χ1) is 9.81. The summed E-state index contributed by atoms with van der Waals surface area (Å²) in [5.41, 5.74) is -0.125. The van der Waals surface area contributed by atoms with Crippen molar-refractivity contribution in [1.82, 2.24) is 5.32 Å². The average Bonchev–Trinajstić information content (AvgIpc) is 2.40. The Bertz CT molecular complexity index is 569. The van der Waals surface area contributed by atoms with Gasteiger partial charge in [0.05, 0.1) is 4.92 Å². The molecule has 0 bridgehead atoms. The number of phenolic OH excluding ortho intramolecular Hbond substituents is 1. The van der Waals surface area contributed by atoms with Gasteiger partial charge in [0.2, 0.25) is 0 Å². The molecule has 1 amide bonds.